The van der Waals surface area contributed by atoms with Gasteiger partial charge in [-0.1, -0.05) is 47.6 Å². The fraction of sp³-hybridized carbons (Fsp3) is 0.136. The van der Waals surface area contributed by atoms with Gasteiger partial charge in [-0.05, 0) is 25.1 Å². The molecule has 0 bridgehead atoms. The number of methoxy groups -OCH3 is 1. The molecule has 0 spiro atoms. The summed E-state index contributed by atoms with van der Waals surface area (Å²) >= 11 is 6.17. The molecule has 0 aliphatic heterocycles. The second kappa shape index (κ2) is 9.45. The van der Waals surface area contributed by atoms with Crippen LogP contribution in [0.2, 0.25) is 5.02 Å². The summed E-state index contributed by atoms with van der Waals surface area (Å²) in [7, 11) is 1.06. The number of benzene rings is 1. The lowest BCUT2D eigenvalue weighted by Crippen LogP contribution is -2.15. The summed E-state index contributed by atoms with van der Waals surface area (Å²) in [4.78, 5) is 12.5. The molecule has 0 aliphatic carbocycles. The van der Waals surface area contributed by atoms with E-state index in [1.165, 1.54) is 25.1 Å². The molecule has 0 N–H and O–H groups in total. The van der Waals surface area contributed by atoms with Gasteiger partial charge in [-0.3, -0.25) is 0 Å². The molecular weight excluding hydrogens is 466 g/mol. The molecule has 0 amide bonds. The lowest BCUT2D eigenvalue weighted by molar-refractivity contribution is -0.142. The minimum absolute atomic E-state index is 0.110. The Morgan fingerprint density at radius 3 is 2.58 bits per heavy atom. The van der Waals surface area contributed by atoms with Crippen LogP contribution in [0.3, 0.4) is 0 Å². The highest BCUT2D eigenvalue weighted by Gasteiger charge is 2.42. The van der Waals surface area contributed by atoms with Crippen LogP contribution < -0.4 is 0 Å². The second-order valence-electron chi connectivity index (χ2n) is 6.54. The number of rotatable bonds is 6. The molecule has 0 atom stereocenters. The molecule has 3 aromatic rings. The average Bonchev–Trinajstić information content (AvgIpc) is 3.38. The molecule has 0 saturated carbocycles. The zero-order valence-corrected chi connectivity index (χ0v) is 18.0. The molecule has 0 saturated heterocycles. The molecular formula is C22H16ClF4N3O3. The van der Waals surface area contributed by atoms with Gasteiger partial charge in [0.05, 0.1) is 29.6 Å². The number of carbonyl (C=O) groups is 1. The number of alkyl halides is 3. The Balaban J connectivity index is 2.27. The number of nitrogens with zero attached hydrogens (tertiary/aromatic N) is 3. The monoisotopic (exact) mass is 481 g/mol. The van der Waals surface area contributed by atoms with Gasteiger partial charge in [0, 0.05) is 5.56 Å². The number of allylic oxidation sites excluding steroid dienone is 5. The van der Waals surface area contributed by atoms with Crippen LogP contribution in [0, 0.1) is 0 Å². The van der Waals surface area contributed by atoms with Gasteiger partial charge in [-0.25, -0.2) is 13.9 Å². The summed E-state index contributed by atoms with van der Waals surface area (Å²) in [5.41, 5.74) is -2.61. The SMILES string of the molecule is C=C(/C=C(F)\C=C/C)n1ncc(-c2onc(-c3ccccc3Cl)c2C(=O)OC)c1C(F)(F)F. The number of hydrogen-bond donors (Lipinski definition) is 0. The van der Waals surface area contributed by atoms with Crippen LogP contribution in [0.5, 0.6) is 0 Å². The van der Waals surface area contributed by atoms with E-state index in [0.29, 0.717) is 4.68 Å². The standard InChI is InChI=1S/C22H16ClF4N3O3/c1-4-7-13(24)10-12(2)30-20(22(25,26)27)15(11-28-30)19-17(21(31)32-3)18(29-33-19)14-8-5-6-9-16(14)23/h4-11H,2H2,1,3H3/b7-4-,13-10+. The summed E-state index contributed by atoms with van der Waals surface area (Å²) in [5.74, 6) is -2.37. The van der Waals surface area contributed by atoms with Gasteiger partial charge in [-0.2, -0.15) is 18.3 Å². The predicted octanol–water partition coefficient (Wildman–Crippen LogP) is 6.56. The van der Waals surface area contributed by atoms with Gasteiger partial charge in [0.2, 0.25) is 0 Å². The van der Waals surface area contributed by atoms with E-state index in [9.17, 15) is 22.4 Å². The Morgan fingerprint density at radius 2 is 1.97 bits per heavy atom. The third-order valence-corrected chi connectivity index (χ3v) is 4.72. The van der Waals surface area contributed by atoms with E-state index in [-0.39, 0.29) is 21.8 Å². The van der Waals surface area contributed by atoms with Gasteiger partial charge in [-0.15, -0.1) is 0 Å². The number of hydrogen-bond acceptors (Lipinski definition) is 5. The number of ether oxygens (including phenoxy) is 1. The largest absolute Gasteiger partial charge is 0.465 e. The molecule has 11 heteroatoms. The molecule has 6 nitrogen and oxygen atoms in total. The highest BCUT2D eigenvalue weighted by atomic mass is 35.5. The maximum absolute atomic E-state index is 14.1. The van der Waals surface area contributed by atoms with Crippen molar-refractivity contribution < 1.29 is 31.6 Å². The quantitative estimate of drug-likeness (QED) is 0.226. The molecule has 172 valence electrons. The fourth-order valence-corrected chi connectivity index (χ4v) is 3.26. The highest BCUT2D eigenvalue weighted by molar-refractivity contribution is 6.33. The summed E-state index contributed by atoms with van der Waals surface area (Å²) < 4.78 is 66.3. The molecule has 2 aromatic heterocycles. The molecule has 0 unspecified atom stereocenters. The number of halogens is 5. The van der Waals surface area contributed by atoms with Crippen molar-refractivity contribution in [3.05, 3.63) is 77.4 Å². The van der Waals surface area contributed by atoms with Crippen LogP contribution in [0.15, 0.2) is 65.6 Å². The van der Waals surface area contributed by atoms with Crippen molar-refractivity contribution in [2.24, 2.45) is 0 Å². The smallest absolute Gasteiger partial charge is 0.434 e. The Kier molecular flexibility index (Phi) is 6.87. The summed E-state index contributed by atoms with van der Waals surface area (Å²) in [6, 6.07) is 6.26. The first kappa shape index (κ1) is 24.0. The first-order valence-electron chi connectivity index (χ1n) is 9.27. The Hall–Kier alpha value is -3.66. The van der Waals surface area contributed by atoms with Crippen LogP contribution in [0.1, 0.15) is 23.0 Å². The van der Waals surface area contributed by atoms with Crippen molar-refractivity contribution in [1.29, 1.82) is 0 Å². The fourth-order valence-electron chi connectivity index (χ4n) is 3.04. The lowest BCUT2D eigenvalue weighted by Gasteiger charge is -2.12. The lowest BCUT2D eigenvalue weighted by atomic mass is 10.0. The maximum Gasteiger partial charge on any atom is 0.434 e. The molecule has 33 heavy (non-hydrogen) atoms. The minimum atomic E-state index is -4.98. The maximum atomic E-state index is 14.1. The summed E-state index contributed by atoms with van der Waals surface area (Å²) in [6.07, 6.45) is -0.970. The third kappa shape index (κ3) is 4.75. The topological polar surface area (TPSA) is 70.2 Å². The van der Waals surface area contributed by atoms with Crippen LogP contribution in [0.4, 0.5) is 17.6 Å². The number of esters is 1. The summed E-state index contributed by atoms with van der Waals surface area (Å²) in [6.45, 7) is 5.00. The van der Waals surface area contributed by atoms with Crippen LogP contribution in [-0.2, 0) is 10.9 Å². The van der Waals surface area contributed by atoms with E-state index < -0.39 is 40.7 Å². The zero-order chi connectivity index (χ0) is 24.3. The van der Waals surface area contributed by atoms with Crippen molar-refractivity contribution in [2.75, 3.05) is 7.11 Å². The van der Waals surface area contributed by atoms with Gasteiger partial charge < -0.3 is 9.26 Å². The van der Waals surface area contributed by atoms with E-state index in [4.69, 9.17) is 20.9 Å². The average molecular weight is 482 g/mol. The third-order valence-electron chi connectivity index (χ3n) is 4.40. The normalized spacial score (nSPS) is 12.4. The number of carbonyl (C=O) groups excluding carboxylic acids is 1. The zero-order valence-electron chi connectivity index (χ0n) is 17.3. The second-order valence-corrected chi connectivity index (χ2v) is 6.95. The van der Waals surface area contributed by atoms with Crippen LogP contribution >= 0.6 is 11.6 Å². The molecule has 2 heterocycles. The minimum Gasteiger partial charge on any atom is -0.465 e. The molecule has 3 rings (SSSR count). The van der Waals surface area contributed by atoms with Gasteiger partial charge in [0.25, 0.3) is 0 Å². The van der Waals surface area contributed by atoms with Crippen molar-refractivity contribution in [3.8, 4) is 22.6 Å². The van der Waals surface area contributed by atoms with Crippen molar-refractivity contribution in [2.45, 2.75) is 13.1 Å². The van der Waals surface area contributed by atoms with Gasteiger partial charge >= 0.3 is 12.1 Å². The summed E-state index contributed by atoms with van der Waals surface area (Å²) in [5, 5.41) is 7.66. The Labute approximate surface area is 190 Å². The Bertz CT molecular complexity index is 1270. The van der Waals surface area contributed by atoms with Crippen LogP contribution in [0.25, 0.3) is 28.3 Å². The van der Waals surface area contributed by atoms with Gasteiger partial charge in [0.15, 0.2) is 11.5 Å². The molecule has 0 aliphatic rings. The first-order valence-corrected chi connectivity index (χ1v) is 9.65. The van der Waals surface area contributed by atoms with Gasteiger partial charge in [0.1, 0.15) is 17.1 Å². The number of aromatic nitrogens is 3. The van der Waals surface area contributed by atoms with E-state index in [2.05, 4.69) is 16.8 Å². The van der Waals surface area contributed by atoms with E-state index in [1.54, 1.807) is 12.1 Å². The van der Waals surface area contributed by atoms with E-state index in [0.717, 1.165) is 25.5 Å². The predicted molar refractivity (Wildman–Crippen MR) is 114 cm³/mol. The Morgan fingerprint density at radius 1 is 1.27 bits per heavy atom. The van der Waals surface area contributed by atoms with Crippen LogP contribution in [-0.4, -0.2) is 28.0 Å². The van der Waals surface area contributed by atoms with Crippen molar-refractivity contribution in [3.63, 3.8) is 0 Å². The molecule has 1 aromatic carbocycles. The van der Waals surface area contributed by atoms with E-state index in [1.807, 2.05) is 0 Å². The molecule has 0 radical (unpaired) electrons. The van der Waals surface area contributed by atoms with Crippen molar-refractivity contribution >= 4 is 23.3 Å². The first-order chi connectivity index (χ1) is 15.6. The van der Waals surface area contributed by atoms with Crippen molar-refractivity contribution in [1.82, 2.24) is 14.9 Å². The van der Waals surface area contributed by atoms with E-state index >= 15 is 0 Å². The molecule has 0 fully saturated rings. The highest BCUT2D eigenvalue weighted by Crippen LogP contribution is 2.42.